The van der Waals surface area contributed by atoms with Gasteiger partial charge in [-0.25, -0.2) is 0 Å². The van der Waals surface area contributed by atoms with Crippen molar-refractivity contribution in [3.8, 4) is 0 Å². The van der Waals surface area contributed by atoms with Gasteiger partial charge in [0, 0.05) is 19.0 Å². The first-order valence-corrected chi connectivity index (χ1v) is 6.11. The number of carboxylic acids is 1. The van der Waals surface area contributed by atoms with Crippen molar-refractivity contribution in [3.05, 3.63) is 0 Å². The van der Waals surface area contributed by atoms with Crippen molar-refractivity contribution < 1.29 is 15.0 Å². The predicted molar refractivity (Wildman–Crippen MR) is 62.4 cm³/mol. The average molecular weight is 229 g/mol. The topological polar surface area (TPSA) is 60.8 Å². The number of aliphatic carboxylic acids is 1. The third-order valence-corrected chi connectivity index (χ3v) is 3.49. The molecular formula is C12H23NO3. The zero-order valence-corrected chi connectivity index (χ0v) is 10.3. The Morgan fingerprint density at radius 2 is 2.06 bits per heavy atom. The van der Waals surface area contributed by atoms with Crippen LogP contribution in [0.1, 0.15) is 46.0 Å². The first-order valence-electron chi connectivity index (χ1n) is 6.11. The highest BCUT2D eigenvalue weighted by Gasteiger charge is 2.30. The number of aliphatic hydroxyl groups is 1. The lowest BCUT2D eigenvalue weighted by Gasteiger charge is -2.27. The van der Waals surface area contributed by atoms with E-state index in [9.17, 15) is 9.90 Å². The number of nitrogens with zero attached hydrogens (tertiary/aromatic N) is 1. The fourth-order valence-electron chi connectivity index (χ4n) is 2.31. The molecule has 1 unspecified atom stereocenters. The second kappa shape index (κ2) is 5.64. The van der Waals surface area contributed by atoms with E-state index in [4.69, 9.17) is 5.11 Å². The van der Waals surface area contributed by atoms with Crippen LogP contribution in [0.5, 0.6) is 0 Å². The summed E-state index contributed by atoms with van der Waals surface area (Å²) in [6, 6.07) is 0.502. The maximum atomic E-state index is 10.5. The Morgan fingerprint density at radius 1 is 1.38 bits per heavy atom. The molecule has 0 spiro atoms. The lowest BCUT2D eigenvalue weighted by Crippen LogP contribution is -2.34. The van der Waals surface area contributed by atoms with E-state index in [1.165, 1.54) is 0 Å². The van der Waals surface area contributed by atoms with Gasteiger partial charge in [-0.3, -0.25) is 4.79 Å². The third kappa shape index (κ3) is 4.10. The number of carbonyl (C=O) groups is 1. The van der Waals surface area contributed by atoms with E-state index in [2.05, 4.69) is 18.7 Å². The van der Waals surface area contributed by atoms with Crippen LogP contribution < -0.4 is 0 Å². The van der Waals surface area contributed by atoms with Crippen molar-refractivity contribution in [3.63, 3.8) is 0 Å². The zero-order chi connectivity index (χ0) is 12.2. The largest absolute Gasteiger partial charge is 0.481 e. The summed E-state index contributed by atoms with van der Waals surface area (Å²) < 4.78 is 0. The van der Waals surface area contributed by atoms with Gasteiger partial charge in [-0.15, -0.1) is 0 Å². The van der Waals surface area contributed by atoms with Gasteiger partial charge in [0.1, 0.15) is 0 Å². The van der Waals surface area contributed by atoms with Crippen LogP contribution in [-0.2, 0) is 4.79 Å². The van der Waals surface area contributed by atoms with E-state index < -0.39 is 11.6 Å². The van der Waals surface area contributed by atoms with Gasteiger partial charge in [0.2, 0.25) is 0 Å². The molecule has 1 aliphatic heterocycles. The molecule has 0 aromatic rings. The van der Waals surface area contributed by atoms with Crippen LogP contribution in [0.25, 0.3) is 0 Å². The minimum atomic E-state index is -0.821. The molecule has 4 nitrogen and oxygen atoms in total. The Labute approximate surface area is 97.3 Å². The lowest BCUT2D eigenvalue weighted by molar-refractivity contribution is -0.138. The van der Waals surface area contributed by atoms with Gasteiger partial charge in [0.15, 0.2) is 0 Å². The van der Waals surface area contributed by atoms with Gasteiger partial charge in [0.25, 0.3) is 0 Å². The smallest absolute Gasteiger partial charge is 0.303 e. The summed E-state index contributed by atoms with van der Waals surface area (Å²) in [7, 11) is 0. The van der Waals surface area contributed by atoms with Crippen LogP contribution in [0, 0.1) is 0 Å². The number of likely N-dealkylation sites (tertiary alicyclic amines) is 1. The first-order chi connectivity index (χ1) is 7.43. The number of hydrogen-bond donors (Lipinski definition) is 2. The van der Waals surface area contributed by atoms with Crippen LogP contribution in [0.15, 0.2) is 0 Å². The van der Waals surface area contributed by atoms with Crippen LogP contribution in [-0.4, -0.2) is 45.8 Å². The fourth-order valence-corrected chi connectivity index (χ4v) is 2.31. The van der Waals surface area contributed by atoms with Crippen LogP contribution in [0.4, 0.5) is 0 Å². The summed E-state index contributed by atoms with van der Waals surface area (Å²) >= 11 is 0. The molecule has 0 amide bonds. The van der Waals surface area contributed by atoms with Gasteiger partial charge >= 0.3 is 5.97 Å². The highest BCUT2D eigenvalue weighted by molar-refractivity contribution is 5.66. The Balaban J connectivity index is 2.47. The highest BCUT2D eigenvalue weighted by atomic mass is 16.4. The lowest BCUT2D eigenvalue weighted by atomic mass is 9.90. The summed E-state index contributed by atoms with van der Waals surface area (Å²) in [6.07, 6.45) is 2.82. The van der Waals surface area contributed by atoms with Crippen LogP contribution >= 0.6 is 0 Å². The van der Waals surface area contributed by atoms with E-state index >= 15 is 0 Å². The van der Waals surface area contributed by atoms with Crippen LogP contribution in [0.3, 0.4) is 0 Å². The van der Waals surface area contributed by atoms with Crippen molar-refractivity contribution >= 4 is 5.97 Å². The zero-order valence-electron chi connectivity index (χ0n) is 10.3. The first kappa shape index (κ1) is 13.5. The molecule has 1 rings (SSSR count). The van der Waals surface area contributed by atoms with Crippen molar-refractivity contribution in [2.24, 2.45) is 0 Å². The Hall–Kier alpha value is -0.610. The second-order valence-corrected chi connectivity index (χ2v) is 5.10. The molecule has 4 heteroatoms. The Morgan fingerprint density at radius 3 is 2.62 bits per heavy atom. The minimum absolute atomic E-state index is 0.0676. The van der Waals surface area contributed by atoms with E-state index in [-0.39, 0.29) is 6.42 Å². The highest BCUT2D eigenvalue weighted by Crippen LogP contribution is 2.27. The molecule has 0 aromatic carbocycles. The predicted octanol–water partition coefficient (Wildman–Crippen LogP) is 1.48. The summed E-state index contributed by atoms with van der Waals surface area (Å²) in [5.74, 6) is -0.821. The molecule has 1 fully saturated rings. The number of rotatable bonds is 4. The van der Waals surface area contributed by atoms with Gasteiger partial charge in [-0.1, -0.05) is 0 Å². The summed E-state index contributed by atoms with van der Waals surface area (Å²) in [5, 5.41) is 19.0. The van der Waals surface area contributed by atoms with E-state index in [0.29, 0.717) is 18.9 Å². The average Bonchev–Trinajstić information content (AvgIpc) is 2.38. The normalized spacial score (nSPS) is 28.0. The molecule has 1 saturated heterocycles. The molecule has 1 aliphatic rings. The van der Waals surface area contributed by atoms with Crippen molar-refractivity contribution in [1.29, 1.82) is 0 Å². The third-order valence-electron chi connectivity index (χ3n) is 3.49. The molecule has 94 valence electrons. The van der Waals surface area contributed by atoms with Crippen molar-refractivity contribution in [2.45, 2.75) is 57.6 Å². The summed E-state index contributed by atoms with van der Waals surface area (Å²) in [6.45, 7) is 6.18. The second-order valence-electron chi connectivity index (χ2n) is 5.10. The maximum Gasteiger partial charge on any atom is 0.303 e. The maximum absolute atomic E-state index is 10.5. The molecule has 0 bridgehead atoms. The SMILES string of the molecule is CC(C)N1CCCC(O)(CCC(=O)O)CC1. The fraction of sp³-hybridized carbons (Fsp3) is 0.917. The molecule has 1 heterocycles. The van der Waals surface area contributed by atoms with Gasteiger partial charge < -0.3 is 15.1 Å². The van der Waals surface area contributed by atoms with E-state index in [1.807, 2.05) is 0 Å². The molecule has 16 heavy (non-hydrogen) atoms. The monoisotopic (exact) mass is 229 g/mol. The molecule has 0 aromatic heterocycles. The van der Waals surface area contributed by atoms with Crippen LogP contribution in [0.2, 0.25) is 0 Å². The number of hydrogen-bond acceptors (Lipinski definition) is 3. The van der Waals surface area contributed by atoms with Gasteiger partial charge in [0.05, 0.1) is 5.60 Å². The van der Waals surface area contributed by atoms with Gasteiger partial charge in [-0.05, 0) is 46.1 Å². The van der Waals surface area contributed by atoms with Crippen molar-refractivity contribution in [2.75, 3.05) is 13.1 Å². The molecule has 2 N–H and O–H groups in total. The standard InChI is InChI=1S/C12H23NO3/c1-10(2)13-8-3-5-12(16,7-9-13)6-4-11(14)15/h10,16H,3-9H2,1-2H3,(H,14,15). The quantitative estimate of drug-likeness (QED) is 0.766. The van der Waals surface area contributed by atoms with E-state index in [1.54, 1.807) is 0 Å². The molecular weight excluding hydrogens is 206 g/mol. The Bertz CT molecular complexity index is 242. The Kier molecular flexibility index (Phi) is 4.74. The molecule has 0 aliphatic carbocycles. The molecule has 0 radical (unpaired) electrons. The molecule has 1 atom stereocenters. The van der Waals surface area contributed by atoms with Gasteiger partial charge in [-0.2, -0.15) is 0 Å². The minimum Gasteiger partial charge on any atom is -0.481 e. The van der Waals surface area contributed by atoms with E-state index in [0.717, 1.165) is 25.9 Å². The summed E-state index contributed by atoms with van der Waals surface area (Å²) in [5.41, 5.74) is -0.762. The molecule has 0 saturated carbocycles. The van der Waals surface area contributed by atoms with Crippen molar-refractivity contribution in [1.82, 2.24) is 4.90 Å². The number of carboxylic acid groups (broad SMARTS) is 1. The summed E-state index contributed by atoms with van der Waals surface area (Å²) in [4.78, 5) is 12.9.